The molecule has 92 valence electrons. The molecule has 18 heavy (non-hydrogen) atoms. The van der Waals surface area contributed by atoms with E-state index in [1.165, 1.54) is 12.4 Å². The second-order valence-corrected chi connectivity index (χ2v) is 3.62. The molecule has 0 amide bonds. The number of nitrogens with zero attached hydrogens (tertiary/aromatic N) is 2. The molecule has 0 bridgehead atoms. The number of carboxylic acids is 1. The Bertz CT molecular complexity index is 552. The van der Waals surface area contributed by atoms with E-state index in [2.05, 4.69) is 9.97 Å². The first-order chi connectivity index (χ1) is 8.70. The van der Waals surface area contributed by atoms with Gasteiger partial charge in [-0.2, -0.15) is 0 Å². The van der Waals surface area contributed by atoms with E-state index in [9.17, 15) is 4.79 Å². The molecule has 1 aromatic heterocycles. The number of aromatic nitrogens is 2. The van der Waals surface area contributed by atoms with Crippen LogP contribution in [0.15, 0.2) is 36.7 Å². The molecule has 0 atom stereocenters. The fourth-order valence-corrected chi connectivity index (χ4v) is 1.47. The number of hydrogen-bond donors (Lipinski definition) is 1. The van der Waals surface area contributed by atoms with Gasteiger partial charge in [0, 0.05) is 12.4 Å². The third-order valence-corrected chi connectivity index (χ3v) is 2.43. The number of aryl methyl sites for hydroxylation is 1. The van der Waals surface area contributed by atoms with Crippen LogP contribution in [0.1, 0.15) is 22.8 Å². The van der Waals surface area contributed by atoms with Crippen molar-refractivity contribution >= 4 is 5.97 Å². The Morgan fingerprint density at radius 3 is 2.56 bits per heavy atom. The fraction of sp³-hybridized carbons (Fsp3) is 0.154. The second-order valence-electron chi connectivity index (χ2n) is 3.62. The first kappa shape index (κ1) is 12.0. The van der Waals surface area contributed by atoms with Gasteiger partial charge in [0.15, 0.2) is 0 Å². The number of para-hydroxylation sites is 1. The summed E-state index contributed by atoms with van der Waals surface area (Å²) in [7, 11) is 0. The van der Waals surface area contributed by atoms with Gasteiger partial charge < -0.3 is 9.84 Å². The number of rotatable bonds is 4. The predicted octanol–water partition coefficient (Wildman–Crippen LogP) is 2.53. The summed E-state index contributed by atoms with van der Waals surface area (Å²) in [5.74, 6) is -0.376. The Balaban J connectivity index is 2.21. The van der Waals surface area contributed by atoms with Gasteiger partial charge in [0.1, 0.15) is 5.75 Å². The highest BCUT2D eigenvalue weighted by Gasteiger charge is 2.07. The van der Waals surface area contributed by atoms with E-state index >= 15 is 0 Å². The lowest BCUT2D eigenvalue weighted by Crippen LogP contribution is -2.00. The lowest BCUT2D eigenvalue weighted by Gasteiger charge is -2.07. The molecule has 1 heterocycles. The molecular formula is C13H12N2O3. The van der Waals surface area contributed by atoms with Gasteiger partial charge in [0.2, 0.25) is 0 Å². The fourth-order valence-electron chi connectivity index (χ4n) is 1.47. The summed E-state index contributed by atoms with van der Waals surface area (Å²) in [6.07, 6.45) is 3.28. The highest BCUT2D eigenvalue weighted by atomic mass is 16.5. The Morgan fingerprint density at radius 1 is 1.28 bits per heavy atom. The van der Waals surface area contributed by atoms with Gasteiger partial charge in [-0.3, -0.25) is 0 Å². The van der Waals surface area contributed by atoms with Crippen LogP contribution in [0.2, 0.25) is 0 Å². The maximum absolute atomic E-state index is 10.7. The predicted molar refractivity (Wildman–Crippen MR) is 64.9 cm³/mol. The number of benzene rings is 1. The highest BCUT2D eigenvalue weighted by molar-refractivity contribution is 5.86. The van der Waals surface area contributed by atoms with Crippen LogP contribution in [0.5, 0.6) is 11.8 Å². The average molecular weight is 244 g/mol. The lowest BCUT2D eigenvalue weighted by molar-refractivity contribution is 0.0696. The molecule has 1 N–H and O–H groups in total. The van der Waals surface area contributed by atoms with Crippen molar-refractivity contribution in [2.75, 3.05) is 0 Å². The minimum atomic E-state index is -1.06. The van der Waals surface area contributed by atoms with Crippen molar-refractivity contribution in [1.82, 2.24) is 9.97 Å². The first-order valence-corrected chi connectivity index (χ1v) is 5.51. The normalized spacial score (nSPS) is 10.1. The minimum Gasteiger partial charge on any atom is -0.478 e. The molecule has 0 unspecified atom stereocenters. The quantitative estimate of drug-likeness (QED) is 0.894. The highest BCUT2D eigenvalue weighted by Crippen LogP contribution is 2.22. The smallest absolute Gasteiger partial charge is 0.338 e. The molecule has 0 saturated carbocycles. The lowest BCUT2D eigenvalue weighted by atomic mass is 10.1. The van der Waals surface area contributed by atoms with Crippen molar-refractivity contribution in [1.29, 1.82) is 0 Å². The van der Waals surface area contributed by atoms with Crippen LogP contribution in [0.25, 0.3) is 0 Å². The second kappa shape index (κ2) is 5.27. The van der Waals surface area contributed by atoms with Crippen molar-refractivity contribution in [2.45, 2.75) is 13.3 Å². The third kappa shape index (κ3) is 2.63. The van der Waals surface area contributed by atoms with Gasteiger partial charge in [-0.25, -0.2) is 14.8 Å². The zero-order valence-electron chi connectivity index (χ0n) is 9.83. The van der Waals surface area contributed by atoms with Crippen molar-refractivity contribution in [3.8, 4) is 11.8 Å². The summed E-state index contributed by atoms with van der Waals surface area (Å²) in [4.78, 5) is 18.4. The van der Waals surface area contributed by atoms with Crippen molar-refractivity contribution in [3.63, 3.8) is 0 Å². The van der Waals surface area contributed by atoms with E-state index < -0.39 is 5.97 Å². The SMILES string of the molecule is CCc1ccccc1Oc1ncc(C(=O)O)cn1. The zero-order valence-corrected chi connectivity index (χ0v) is 9.83. The van der Waals surface area contributed by atoms with Gasteiger partial charge in [-0.15, -0.1) is 0 Å². The van der Waals surface area contributed by atoms with E-state index in [4.69, 9.17) is 9.84 Å². The summed E-state index contributed by atoms with van der Waals surface area (Å²) in [5, 5.41) is 8.73. The average Bonchev–Trinajstić information content (AvgIpc) is 2.40. The van der Waals surface area contributed by atoms with Crippen molar-refractivity contribution < 1.29 is 14.6 Å². The Morgan fingerprint density at radius 2 is 1.94 bits per heavy atom. The first-order valence-electron chi connectivity index (χ1n) is 5.51. The number of ether oxygens (including phenoxy) is 1. The van der Waals surface area contributed by atoms with E-state index in [1.54, 1.807) is 0 Å². The molecule has 0 fully saturated rings. The molecule has 5 heteroatoms. The molecule has 0 radical (unpaired) electrons. The molecular weight excluding hydrogens is 232 g/mol. The van der Waals surface area contributed by atoms with Crippen molar-refractivity contribution in [2.24, 2.45) is 0 Å². The van der Waals surface area contributed by atoms with E-state index in [1.807, 2.05) is 31.2 Å². The Kier molecular flexibility index (Phi) is 3.52. The summed E-state index contributed by atoms with van der Waals surface area (Å²) >= 11 is 0. The number of hydrogen-bond acceptors (Lipinski definition) is 4. The Labute approximate surface area is 104 Å². The van der Waals surface area contributed by atoms with E-state index in [-0.39, 0.29) is 11.6 Å². The van der Waals surface area contributed by atoms with Gasteiger partial charge in [-0.05, 0) is 18.1 Å². The number of carbonyl (C=O) groups is 1. The molecule has 2 rings (SSSR count). The largest absolute Gasteiger partial charge is 0.478 e. The molecule has 0 spiro atoms. The molecule has 0 saturated heterocycles. The topological polar surface area (TPSA) is 72.3 Å². The summed E-state index contributed by atoms with van der Waals surface area (Å²) in [5.41, 5.74) is 1.08. The van der Waals surface area contributed by atoms with E-state index in [0.29, 0.717) is 5.75 Å². The molecule has 5 nitrogen and oxygen atoms in total. The zero-order chi connectivity index (χ0) is 13.0. The Hall–Kier alpha value is -2.43. The number of aromatic carboxylic acids is 1. The van der Waals surface area contributed by atoms with Gasteiger partial charge in [0.05, 0.1) is 5.56 Å². The van der Waals surface area contributed by atoms with Gasteiger partial charge in [-0.1, -0.05) is 25.1 Å². The molecule has 0 aliphatic rings. The molecule has 1 aromatic carbocycles. The standard InChI is InChI=1S/C13H12N2O3/c1-2-9-5-3-4-6-11(9)18-13-14-7-10(8-15-13)12(16)17/h3-8H,2H2,1H3,(H,16,17). The van der Waals surface area contributed by atoms with Crippen LogP contribution in [0.4, 0.5) is 0 Å². The molecule has 0 aliphatic heterocycles. The van der Waals surface area contributed by atoms with Crippen LogP contribution < -0.4 is 4.74 Å². The number of carboxylic acid groups (broad SMARTS) is 1. The van der Waals surface area contributed by atoms with Crippen LogP contribution in [0, 0.1) is 0 Å². The summed E-state index contributed by atoms with van der Waals surface area (Å²) in [6.45, 7) is 2.02. The van der Waals surface area contributed by atoms with Crippen LogP contribution in [0.3, 0.4) is 0 Å². The van der Waals surface area contributed by atoms with Crippen LogP contribution in [-0.2, 0) is 6.42 Å². The van der Waals surface area contributed by atoms with Gasteiger partial charge >= 0.3 is 12.0 Å². The van der Waals surface area contributed by atoms with Crippen molar-refractivity contribution in [3.05, 3.63) is 47.8 Å². The molecule has 2 aromatic rings. The van der Waals surface area contributed by atoms with Crippen LogP contribution in [-0.4, -0.2) is 21.0 Å². The van der Waals surface area contributed by atoms with Crippen LogP contribution >= 0.6 is 0 Å². The maximum Gasteiger partial charge on any atom is 0.338 e. The summed E-state index contributed by atoms with van der Waals surface area (Å²) < 4.78 is 5.52. The minimum absolute atomic E-state index is 0.0335. The molecule has 0 aliphatic carbocycles. The van der Waals surface area contributed by atoms with Gasteiger partial charge in [0.25, 0.3) is 0 Å². The summed E-state index contributed by atoms with van der Waals surface area (Å²) in [6, 6.07) is 7.72. The van der Waals surface area contributed by atoms with E-state index in [0.717, 1.165) is 12.0 Å². The monoisotopic (exact) mass is 244 g/mol. The third-order valence-electron chi connectivity index (χ3n) is 2.43. The maximum atomic E-state index is 10.7.